The molecule has 4 nitrogen and oxygen atoms in total. The summed E-state index contributed by atoms with van der Waals surface area (Å²) in [5, 5.41) is 3.04. The van der Waals surface area contributed by atoms with E-state index in [9.17, 15) is 4.79 Å². The van der Waals surface area contributed by atoms with E-state index in [0.29, 0.717) is 17.5 Å². The van der Waals surface area contributed by atoms with Crippen molar-refractivity contribution in [3.8, 4) is 0 Å². The molecule has 0 aliphatic carbocycles. The van der Waals surface area contributed by atoms with Gasteiger partial charge in [-0.2, -0.15) is 0 Å². The lowest BCUT2D eigenvalue weighted by Crippen LogP contribution is -2.34. The molecule has 0 saturated carbocycles. The van der Waals surface area contributed by atoms with Crippen LogP contribution in [0.25, 0.3) is 0 Å². The topological polar surface area (TPSA) is 45.2 Å². The Balaban J connectivity index is 2.25. The standard InChI is InChI=1S/C13H19N3O/c1-9-6-10(2)16(8-9)13(17)11-7-15-5-4-12(11)14-3/h4-5,7,9-10H,6,8H2,1-3H3,(H,14,15). The Kier molecular flexibility index (Phi) is 3.31. The van der Waals surface area contributed by atoms with Gasteiger partial charge in [-0.25, -0.2) is 0 Å². The second kappa shape index (κ2) is 4.73. The molecular weight excluding hydrogens is 214 g/mol. The summed E-state index contributed by atoms with van der Waals surface area (Å²) < 4.78 is 0. The maximum absolute atomic E-state index is 12.4. The minimum absolute atomic E-state index is 0.0827. The quantitative estimate of drug-likeness (QED) is 0.849. The maximum atomic E-state index is 12.4. The monoisotopic (exact) mass is 233 g/mol. The lowest BCUT2D eigenvalue weighted by molar-refractivity contribution is 0.0744. The Morgan fingerprint density at radius 1 is 1.53 bits per heavy atom. The highest BCUT2D eigenvalue weighted by molar-refractivity contribution is 5.99. The molecule has 1 aromatic rings. The van der Waals surface area contributed by atoms with Gasteiger partial charge in [-0.15, -0.1) is 0 Å². The van der Waals surface area contributed by atoms with E-state index >= 15 is 0 Å². The van der Waals surface area contributed by atoms with Crippen LogP contribution in [0.1, 0.15) is 30.6 Å². The van der Waals surface area contributed by atoms with E-state index in [1.54, 1.807) is 12.4 Å². The maximum Gasteiger partial charge on any atom is 0.257 e. The molecule has 92 valence electrons. The molecule has 1 fully saturated rings. The summed E-state index contributed by atoms with van der Waals surface area (Å²) in [6, 6.07) is 2.15. The van der Waals surface area contributed by atoms with Crippen molar-refractivity contribution in [2.75, 3.05) is 18.9 Å². The van der Waals surface area contributed by atoms with Crippen LogP contribution in [0.4, 0.5) is 5.69 Å². The second-order valence-electron chi connectivity index (χ2n) is 4.82. The Morgan fingerprint density at radius 3 is 2.88 bits per heavy atom. The van der Waals surface area contributed by atoms with E-state index < -0.39 is 0 Å². The first kappa shape index (κ1) is 11.9. The van der Waals surface area contributed by atoms with Crippen LogP contribution in [0.15, 0.2) is 18.5 Å². The van der Waals surface area contributed by atoms with Crippen LogP contribution < -0.4 is 5.32 Å². The number of carbonyl (C=O) groups is 1. The Hall–Kier alpha value is -1.58. The molecule has 1 N–H and O–H groups in total. The zero-order chi connectivity index (χ0) is 12.4. The first-order chi connectivity index (χ1) is 8.13. The second-order valence-corrected chi connectivity index (χ2v) is 4.82. The molecule has 0 aromatic carbocycles. The molecule has 0 bridgehead atoms. The number of nitrogens with zero attached hydrogens (tertiary/aromatic N) is 2. The molecule has 17 heavy (non-hydrogen) atoms. The molecule has 1 aliphatic heterocycles. The number of anilines is 1. The van der Waals surface area contributed by atoms with Crippen LogP contribution in [-0.4, -0.2) is 35.4 Å². The van der Waals surface area contributed by atoms with Crippen LogP contribution in [0.2, 0.25) is 0 Å². The van der Waals surface area contributed by atoms with Gasteiger partial charge < -0.3 is 10.2 Å². The van der Waals surface area contributed by atoms with Crippen molar-refractivity contribution in [1.29, 1.82) is 0 Å². The molecule has 2 rings (SSSR count). The van der Waals surface area contributed by atoms with E-state index in [4.69, 9.17) is 0 Å². The average Bonchev–Trinajstić information content (AvgIpc) is 2.67. The molecular formula is C13H19N3O. The fourth-order valence-electron chi connectivity index (χ4n) is 2.52. The van der Waals surface area contributed by atoms with Crippen molar-refractivity contribution in [2.24, 2.45) is 5.92 Å². The summed E-state index contributed by atoms with van der Waals surface area (Å²) in [5.41, 5.74) is 1.51. The number of pyridine rings is 1. The van der Waals surface area contributed by atoms with Crippen molar-refractivity contribution in [3.63, 3.8) is 0 Å². The smallest absolute Gasteiger partial charge is 0.257 e. The number of carbonyl (C=O) groups excluding carboxylic acids is 1. The molecule has 0 spiro atoms. The first-order valence-corrected chi connectivity index (χ1v) is 6.06. The summed E-state index contributed by atoms with van der Waals surface area (Å²) in [6.07, 6.45) is 4.42. The predicted molar refractivity (Wildman–Crippen MR) is 68.1 cm³/mol. The lowest BCUT2D eigenvalue weighted by atomic mass is 10.1. The molecule has 2 atom stereocenters. The van der Waals surface area contributed by atoms with Crippen molar-refractivity contribution < 1.29 is 4.79 Å². The van der Waals surface area contributed by atoms with Gasteiger partial charge in [0, 0.05) is 37.7 Å². The van der Waals surface area contributed by atoms with Crippen molar-refractivity contribution in [3.05, 3.63) is 24.0 Å². The van der Waals surface area contributed by atoms with Gasteiger partial charge in [0.05, 0.1) is 5.56 Å². The number of hydrogen-bond acceptors (Lipinski definition) is 3. The van der Waals surface area contributed by atoms with Gasteiger partial charge in [-0.05, 0) is 25.3 Å². The van der Waals surface area contributed by atoms with Gasteiger partial charge in [0.15, 0.2) is 0 Å². The fraction of sp³-hybridized carbons (Fsp3) is 0.538. The Morgan fingerprint density at radius 2 is 2.29 bits per heavy atom. The van der Waals surface area contributed by atoms with Crippen molar-refractivity contribution >= 4 is 11.6 Å². The van der Waals surface area contributed by atoms with Gasteiger partial charge in [0.1, 0.15) is 0 Å². The zero-order valence-corrected chi connectivity index (χ0v) is 10.6. The number of hydrogen-bond donors (Lipinski definition) is 1. The predicted octanol–water partition coefficient (Wildman–Crippen LogP) is 1.99. The fourth-order valence-corrected chi connectivity index (χ4v) is 2.52. The summed E-state index contributed by atoms with van der Waals surface area (Å²) in [6.45, 7) is 5.14. The number of aromatic nitrogens is 1. The number of nitrogens with one attached hydrogen (secondary N) is 1. The van der Waals surface area contributed by atoms with E-state index in [-0.39, 0.29) is 5.91 Å². The Labute approximate surface area is 102 Å². The molecule has 1 saturated heterocycles. The minimum Gasteiger partial charge on any atom is -0.387 e. The largest absolute Gasteiger partial charge is 0.387 e. The third kappa shape index (κ3) is 2.25. The average molecular weight is 233 g/mol. The SMILES string of the molecule is CNc1ccncc1C(=O)N1CC(C)CC1C. The zero-order valence-electron chi connectivity index (χ0n) is 10.6. The molecule has 2 unspecified atom stereocenters. The number of rotatable bonds is 2. The number of likely N-dealkylation sites (tertiary alicyclic amines) is 1. The first-order valence-electron chi connectivity index (χ1n) is 6.06. The third-order valence-electron chi connectivity index (χ3n) is 3.37. The number of amides is 1. The van der Waals surface area contributed by atoms with Crippen LogP contribution in [0, 0.1) is 5.92 Å². The summed E-state index contributed by atoms with van der Waals surface area (Å²) in [5.74, 6) is 0.669. The molecule has 1 aromatic heterocycles. The van der Waals surface area contributed by atoms with Crippen molar-refractivity contribution in [1.82, 2.24) is 9.88 Å². The van der Waals surface area contributed by atoms with Gasteiger partial charge in [-0.1, -0.05) is 6.92 Å². The molecule has 0 radical (unpaired) electrons. The lowest BCUT2D eigenvalue weighted by Gasteiger charge is -2.22. The van der Waals surface area contributed by atoms with Gasteiger partial charge in [-0.3, -0.25) is 9.78 Å². The summed E-state index contributed by atoms with van der Waals surface area (Å²) in [7, 11) is 1.82. The molecule has 1 amide bonds. The normalized spacial score (nSPS) is 23.8. The molecule has 2 heterocycles. The molecule has 4 heteroatoms. The highest BCUT2D eigenvalue weighted by atomic mass is 16.2. The van der Waals surface area contributed by atoms with Crippen molar-refractivity contribution in [2.45, 2.75) is 26.3 Å². The van der Waals surface area contributed by atoms with Crippen LogP contribution in [0.5, 0.6) is 0 Å². The molecule has 1 aliphatic rings. The summed E-state index contributed by atoms with van der Waals surface area (Å²) in [4.78, 5) is 18.4. The van der Waals surface area contributed by atoms with Crippen LogP contribution >= 0.6 is 0 Å². The summed E-state index contributed by atoms with van der Waals surface area (Å²) >= 11 is 0. The third-order valence-corrected chi connectivity index (χ3v) is 3.37. The van der Waals surface area contributed by atoms with E-state index in [2.05, 4.69) is 24.1 Å². The van der Waals surface area contributed by atoms with E-state index in [1.165, 1.54) is 0 Å². The van der Waals surface area contributed by atoms with Gasteiger partial charge >= 0.3 is 0 Å². The minimum atomic E-state index is 0.0827. The van der Waals surface area contributed by atoms with Gasteiger partial charge in [0.25, 0.3) is 5.91 Å². The van der Waals surface area contributed by atoms with Gasteiger partial charge in [0.2, 0.25) is 0 Å². The Bertz CT molecular complexity index is 419. The van der Waals surface area contributed by atoms with Crippen LogP contribution in [0.3, 0.4) is 0 Å². The van der Waals surface area contributed by atoms with Crippen LogP contribution in [-0.2, 0) is 0 Å². The highest BCUT2D eigenvalue weighted by Crippen LogP contribution is 2.26. The van der Waals surface area contributed by atoms with E-state index in [1.807, 2.05) is 18.0 Å². The van der Waals surface area contributed by atoms with E-state index in [0.717, 1.165) is 18.7 Å². The highest BCUT2D eigenvalue weighted by Gasteiger charge is 2.31.